The molecule has 5 rings (SSSR count). The molecule has 1 aliphatic rings. The maximum Gasteiger partial charge on any atom is 0.301 e. The Morgan fingerprint density at radius 1 is 1.00 bits per heavy atom. The number of carbonyl (C=O) groups excluding carboxylic acids is 2. The molecule has 176 valence electrons. The number of hydrogen-bond donors (Lipinski definition) is 1. The number of hydrogen-bond acceptors (Lipinski definition) is 7. The highest BCUT2D eigenvalue weighted by Gasteiger charge is 2.48. The summed E-state index contributed by atoms with van der Waals surface area (Å²) in [4.78, 5) is 32.7. The number of Topliss-reactive ketones (excluding diaryl/α,β-unsaturated/α-hetero) is 1. The molecule has 0 radical (unpaired) electrons. The predicted molar refractivity (Wildman–Crippen MR) is 138 cm³/mol. The van der Waals surface area contributed by atoms with Crippen LogP contribution in [-0.2, 0) is 9.59 Å². The third kappa shape index (κ3) is 4.06. The van der Waals surface area contributed by atoms with E-state index in [0.29, 0.717) is 33.3 Å². The molecule has 35 heavy (non-hydrogen) atoms. The van der Waals surface area contributed by atoms with Crippen LogP contribution >= 0.6 is 27.3 Å². The topological polar surface area (TPSA) is 89.0 Å². The van der Waals surface area contributed by atoms with Gasteiger partial charge in [-0.3, -0.25) is 14.5 Å². The zero-order valence-corrected chi connectivity index (χ0v) is 21.1. The van der Waals surface area contributed by atoms with E-state index in [1.165, 1.54) is 16.2 Å². The number of aliphatic hydroxyl groups excluding tert-OH is 1. The van der Waals surface area contributed by atoms with Crippen molar-refractivity contribution in [2.75, 3.05) is 19.1 Å². The second-order valence-electron chi connectivity index (χ2n) is 7.78. The lowest BCUT2D eigenvalue weighted by atomic mass is 9.95. The van der Waals surface area contributed by atoms with Gasteiger partial charge < -0.3 is 14.6 Å². The highest BCUT2D eigenvalue weighted by Crippen LogP contribution is 2.45. The predicted octanol–water partition coefficient (Wildman–Crippen LogP) is 5.70. The van der Waals surface area contributed by atoms with Crippen LogP contribution in [0.1, 0.15) is 17.2 Å². The molecule has 4 aromatic rings. The van der Waals surface area contributed by atoms with Gasteiger partial charge in [0, 0.05) is 10.0 Å². The molecule has 1 fully saturated rings. The monoisotopic (exact) mass is 550 g/mol. The minimum atomic E-state index is -0.864. The zero-order valence-electron chi connectivity index (χ0n) is 18.7. The third-order valence-corrected chi connectivity index (χ3v) is 7.27. The summed E-state index contributed by atoms with van der Waals surface area (Å²) < 4.78 is 12.1. The summed E-state index contributed by atoms with van der Waals surface area (Å²) in [5, 5.41) is 11.6. The van der Waals surface area contributed by atoms with E-state index in [1.807, 2.05) is 30.3 Å². The Hall–Kier alpha value is -3.69. The van der Waals surface area contributed by atoms with E-state index in [9.17, 15) is 14.7 Å². The number of nitrogens with zero attached hydrogens (tertiary/aromatic N) is 2. The molecule has 1 saturated heterocycles. The number of ketones is 1. The fourth-order valence-corrected chi connectivity index (χ4v) is 5.49. The third-order valence-electron chi connectivity index (χ3n) is 5.76. The van der Waals surface area contributed by atoms with Crippen LogP contribution in [-0.4, -0.2) is 36.0 Å². The highest BCUT2D eigenvalue weighted by molar-refractivity contribution is 9.10. The van der Waals surface area contributed by atoms with Gasteiger partial charge in [0.2, 0.25) is 0 Å². The van der Waals surface area contributed by atoms with Gasteiger partial charge in [0.05, 0.1) is 36.1 Å². The van der Waals surface area contributed by atoms with Crippen LogP contribution < -0.4 is 14.4 Å². The Kier molecular flexibility index (Phi) is 6.04. The van der Waals surface area contributed by atoms with Gasteiger partial charge in [-0.25, -0.2) is 4.98 Å². The molecule has 0 spiro atoms. The van der Waals surface area contributed by atoms with Crippen LogP contribution in [0.3, 0.4) is 0 Å². The van der Waals surface area contributed by atoms with E-state index in [4.69, 9.17) is 9.47 Å². The molecule has 2 heterocycles. The molecule has 1 atom stereocenters. The lowest BCUT2D eigenvalue weighted by molar-refractivity contribution is -0.132. The molecule has 1 amide bonds. The van der Waals surface area contributed by atoms with E-state index in [-0.39, 0.29) is 11.3 Å². The first kappa shape index (κ1) is 23.1. The maximum atomic E-state index is 13.4. The van der Waals surface area contributed by atoms with E-state index in [0.717, 1.165) is 9.17 Å². The standard InChI is InChI=1S/C26H19BrN2O5S/c1-33-17-8-6-14(7-9-17)23(30)21-22(15-4-3-5-16(27)12-15)29(25(32)24(21)31)26-28-19-11-10-18(34-2)13-20(19)35-26/h3-13,22,30H,1-2H3/t22-/m1/s1. The van der Waals surface area contributed by atoms with Crippen molar-refractivity contribution in [2.45, 2.75) is 6.04 Å². The van der Waals surface area contributed by atoms with Gasteiger partial charge in [-0.05, 0) is 60.2 Å². The number of thiazole rings is 1. The van der Waals surface area contributed by atoms with Crippen LogP contribution in [0.25, 0.3) is 16.0 Å². The van der Waals surface area contributed by atoms with Crippen LogP contribution in [0.4, 0.5) is 5.13 Å². The van der Waals surface area contributed by atoms with E-state index >= 15 is 0 Å². The van der Waals surface area contributed by atoms with E-state index in [1.54, 1.807) is 50.6 Å². The summed E-state index contributed by atoms with van der Waals surface area (Å²) >= 11 is 4.75. The first-order chi connectivity index (χ1) is 16.9. The van der Waals surface area contributed by atoms with Crippen molar-refractivity contribution in [3.8, 4) is 11.5 Å². The average molecular weight is 551 g/mol. The zero-order chi connectivity index (χ0) is 24.7. The highest BCUT2D eigenvalue weighted by atomic mass is 79.9. The number of fused-ring (bicyclic) bond motifs is 1. The summed E-state index contributed by atoms with van der Waals surface area (Å²) in [6, 6.07) is 18.5. The molecule has 9 heteroatoms. The SMILES string of the molecule is COc1ccc(C(O)=C2C(=O)C(=O)N(c3nc4ccc(OC)cc4s3)[C@@H]2c2cccc(Br)c2)cc1. The number of rotatable bonds is 5. The van der Waals surface area contributed by atoms with Crippen LogP contribution in [0.2, 0.25) is 0 Å². The van der Waals surface area contributed by atoms with Gasteiger partial charge in [-0.1, -0.05) is 39.4 Å². The first-order valence-electron chi connectivity index (χ1n) is 10.6. The summed E-state index contributed by atoms with van der Waals surface area (Å²) in [6.07, 6.45) is 0. The number of halogens is 1. The van der Waals surface area contributed by atoms with E-state index < -0.39 is 17.7 Å². The van der Waals surface area contributed by atoms with Crippen molar-refractivity contribution in [1.29, 1.82) is 0 Å². The quantitative estimate of drug-likeness (QED) is 0.195. The molecule has 3 aromatic carbocycles. The molecular weight excluding hydrogens is 532 g/mol. The van der Waals surface area contributed by atoms with Gasteiger partial charge in [0.1, 0.15) is 17.3 Å². The molecule has 1 aliphatic heterocycles. The van der Waals surface area contributed by atoms with Crippen LogP contribution in [0.15, 0.2) is 76.8 Å². The number of aliphatic hydroxyl groups is 1. The summed E-state index contributed by atoms with van der Waals surface area (Å²) in [7, 11) is 3.12. The second kappa shape index (κ2) is 9.16. The van der Waals surface area contributed by atoms with Gasteiger partial charge in [-0.2, -0.15) is 0 Å². The molecule has 7 nitrogen and oxygen atoms in total. The Bertz CT molecular complexity index is 1500. The number of methoxy groups -OCH3 is 2. The van der Waals surface area contributed by atoms with Gasteiger partial charge in [0.15, 0.2) is 5.13 Å². The summed E-state index contributed by atoms with van der Waals surface area (Å²) in [6.45, 7) is 0. The molecule has 1 N–H and O–H groups in total. The normalized spacial score (nSPS) is 17.2. The Balaban J connectivity index is 1.70. The summed E-state index contributed by atoms with van der Waals surface area (Å²) in [5.41, 5.74) is 1.73. The number of anilines is 1. The van der Waals surface area contributed by atoms with Crippen molar-refractivity contribution in [3.05, 3.63) is 87.9 Å². The van der Waals surface area contributed by atoms with Crippen molar-refractivity contribution in [2.24, 2.45) is 0 Å². The number of ether oxygens (including phenoxy) is 2. The molecule has 1 aromatic heterocycles. The maximum absolute atomic E-state index is 13.4. The van der Waals surface area contributed by atoms with Gasteiger partial charge in [0.25, 0.3) is 5.78 Å². The first-order valence-corrected chi connectivity index (χ1v) is 12.2. The van der Waals surface area contributed by atoms with Crippen molar-refractivity contribution >= 4 is 60.1 Å². The van der Waals surface area contributed by atoms with E-state index in [2.05, 4.69) is 20.9 Å². The molecule has 0 saturated carbocycles. The van der Waals surface area contributed by atoms with Crippen molar-refractivity contribution < 1.29 is 24.2 Å². The Morgan fingerprint density at radius 2 is 1.71 bits per heavy atom. The number of aromatic nitrogens is 1. The molecule has 0 bridgehead atoms. The Labute approximate surface area is 213 Å². The number of amides is 1. The fraction of sp³-hybridized carbons (Fsp3) is 0.115. The van der Waals surface area contributed by atoms with Crippen molar-refractivity contribution in [3.63, 3.8) is 0 Å². The van der Waals surface area contributed by atoms with Crippen molar-refractivity contribution in [1.82, 2.24) is 4.98 Å². The van der Waals surface area contributed by atoms with Crippen LogP contribution in [0.5, 0.6) is 11.5 Å². The second-order valence-corrected chi connectivity index (χ2v) is 9.71. The number of carbonyl (C=O) groups is 2. The lowest BCUT2D eigenvalue weighted by Crippen LogP contribution is -2.29. The number of benzene rings is 3. The molecule has 0 aliphatic carbocycles. The lowest BCUT2D eigenvalue weighted by Gasteiger charge is -2.23. The largest absolute Gasteiger partial charge is 0.507 e. The smallest absolute Gasteiger partial charge is 0.301 e. The van der Waals surface area contributed by atoms with Crippen LogP contribution in [0, 0.1) is 0 Å². The van der Waals surface area contributed by atoms with Gasteiger partial charge in [-0.15, -0.1) is 0 Å². The van der Waals surface area contributed by atoms with Gasteiger partial charge >= 0.3 is 5.91 Å². The molecular formula is C26H19BrN2O5S. The Morgan fingerprint density at radius 3 is 2.40 bits per heavy atom. The minimum absolute atomic E-state index is 0.00453. The minimum Gasteiger partial charge on any atom is -0.507 e. The average Bonchev–Trinajstić information content (AvgIpc) is 3.41. The fourth-order valence-electron chi connectivity index (χ4n) is 4.05. The summed E-state index contributed by atoms with van der Waals surface area (Å²) in [5.74, 6) is -0.523. The molecule has 0 unspecified atom stereocenters.